The van der Waals surface area contributed by atoms with Crippen LogP contribution >= 0.6 is 0 Å². The Morgan fingerprint density at radius 1 is 0.903 bits per heavy atom. The van der Waals surface area contributed by atoms with Crippen LogP contribution in [0.3, 0.4) is 0 Å². The van der Waals surface area contributed by atoms with Crippen LogP contribution in [0.5, 0.6) is 5.75 Å². The van der Waals surface area contributed by atoms with E-state index in [9.17, 15) is 4.79 Å². The number of hydrogen-bond donors (Lipinski definition) is 0. The Balaban J connectivity index is 1.13. The van der Waals surface area contributed by atoms with Crippen LogP contribution in [0.2, 0.25) is 0 Å². The van der Waals surface area contributed by atoms with E-state index in [1.807, 2.05) is 30.3 Å². The van der Waals surface area contributed by atoms with Gasteiger partial charge in [0.05, 0.1) is 12.2 Å². The summed E-state index contributed by atoms with van der Waals surface area (Å²) in [5, 5.41) is 0. The molecule has 31 heavy (non-hydrogen) atoms. The first kappa shape index (κ1) is 18.9. The van der Waals surface area contributed by atoms with Crippen LogP contribution in [0, 0.1) is 29.6 Å². The topological polar surface area (TPSA) is 35.5 Å². The Labute approximate surface area is 183 Å². The van der Waals surface area contributed by atoms with Crippen molar-refractivity contribution in [2.75, 3.05) is 6.61 Å². The number of esters is 1. The number of rotatable bonds is 6. The smallest absolute Gasteiger partial charge is 0.338 e. The maximum absolute atomic E-state index is 12.6. The van der Waals surface area contributed by atoms with Gasteiger partial charge < -0.3 is 9.47 Å². The molecule has 4 aliphatic rings. The fraction of sp³-hybridized carbons (Fsp3) is 0.393. The number of carbonyl (C=O) groups is 1. The van der Waals surface area contributed by atoms with E-state index in [0.29, 0.717) is 23.3 Å². The maximum atomic E-state index is 12.6. The van der Waals surface area contributed by atoms with E-state index < -0.39 is 0 Å². The van der Waals surface area contributed by atoms with Crippen molar-refractivity contribution in [3.05, 3.63) is 84.0 Å². The van der Waals surface area contributed by atoms with E-state index in [4.69, 9.17) is 9.47 Å². The Bertz CT molecular complexity index is 1040. The van der Waals surface area contributed by atoms with Crippen molar-refractivity contribution >= 4 is 11.5 Å². The molecular formula is C28H28O3. The van der Waals surface area contributed by atoms with Crippen LogP contribution in [-0.4, -0.2) is 18.7 Å². The van der Waals surface area contributed by atoms with E-state index >= 15 is 0 Å². The molecule has 0 amide bonds. The summed E-state index contributed by atoms with van der Waals surface area (Å²) < 4.78 is 12.2. The fourth-order valence-corrected chi connectivity index (χ4v) is 6.15. The molecule has 2 aromatic rings. The average molecular weight is 413 g/mol. The zero-order valence-corrected chi connectivity index (χ0v) is 17.7. The zero-order valence-electron chi connectivity index (χ0n) is 17.7. The minimum atomic E-state index is -0.213. The lowest BCUT2D eigenvalue weighted by molar-refractivity contribution is 0.0251. The molecule has 158 valence electrons. The van der Waals surface area contributed by atoms with E-state index in [1.54, 1.807) is 0 Å². The predicted molar refractivity (Wildman–Crippen MR) is 121 cm³/mol. The maximum Gasteiger partial charge on any atom is 0.338 e. The molecule has 6 atom stereocenters. The van der Waals surface area contributed by atoms with Gasteiger partial charge >= 0.3 is 5.97 Å². The minimum absolute atomic E-state index is 0.0388. The molecule has 0 aromatic heterocycles. The van der Waals surface area contributed by atoms with Crippen LogP contribution in [0.15, 0.2) is 72.8 Å². The van der Waals surface area contributed by atoms with Crippen molar-refractivity contribution in [3.63, 3.8) is 0 Å². The van der Waals surface area contributed by atoms with Gasteiger partial charge in [-0.1, -0.05) is 48.6 Å². The first-order valence-corrected chi connectivity index (χ1v) is 11.6. The van der Waals surface area contributed by atoms with Crippen LogP contribution in [-0.2, 0) is 4.74 Å². The highest BCUT2D eigenvalue weighted by Crippen LogP contribution is 2.50. The van der Waals surface area contributed by atoms with Gasteiger partial charge in [0, 0.05) is 5.92 Å². The fourth-order valence-electron chi connectivity index (χ4n) is 6.15. The van der Waals surface area contributed by atoms with E-state index in [1.165, 1.54) is 24.0 Å². The third-order valence-corrected chi connectivity index (χ3v) is 7.67. The molecular weight excluding hydrogens is 384 g/mol. The number of ether oxygens (including phenoxy) is 2. The Morgan fingerprint density at radius 3 is 2.58 bits per heavy atom. The predicted octanol–water partition coefficient (Wildman–Crippen LogP) is 5.93. The second kappa shape index (κ2) is 7.71. The summed E-state index contributed by atoms with van der Waals surface area (Å²) in [6.07, 6.45) is 11.7. The first-order chi connectivity index (χ1) is 15.2. The lowest BCUT2D eigenvalue weighted by Crippen LogP contribution is -2.24. The lowest BCUT2D eigenvalue weighted by Gasteiger charge is -2.24. The van der Waals surface area contributed by atoms with Gasteiger partial charge in [0.2, 0.25) is 0 Å². The molecule has 2 fully saturated rings. The van der Waals surface area contributed by atoms with Gasteiger partial charge in [0.25, 0.3) is 0 Å². The van der Waals surface area contributed by atoms with Crippen molar-refractivity contribution in [2.45, 2.75) is 31.8 Å². The third-order valence-electron chi connectivity index (χ3n) is 7.67. The largest absolute Gasteiger partial charge is 0.493 e. The van der Waals surface area contributed by atoms with Crippen LogP contribution in [0.1, 0.15) is 41.6 Å². The van der Waals surface area contributed by atoms with Gasteiger partial charge in [0.1, 0.15) is 11.9 Å². The highest BCUT2D eigenvalue weighted by molar-refractivity contribution is 5.89. The normalized spacial score (nSPS) is 32.3. The molecule has 0 aliphatic heterocycles. The zero-order chi connectivity index (χ0) is 20.8. The number of benzene rings is 2. The van der Waals surface area contributed by atoms with Gasteiger partial charge in [-0.15, -0.1) is 0 Å². The second-order valence-electron chi connectivity index (χ2n) is 9.65. The summed E-state index contributed by atoms with van der Waals surface area (Å²) in [5.74, 6) is 3.66. The molecule has 0 heterocycles. The number of allylic oxidation sites excluding steroid dienone is 3. The van der Waals surface area contributed by atoms with Crippen LogP contribution in [0.4, 0.5) is 0 Å². The van der Waals surface area contributed by atoms with E-state index in [0.717, 1.165) is 31.1 Å². The van der Waals surface area contributed by atoms with E-state index in [2.05, 4.69) is 42.5 Å². The Hall–Kier alpha value is -2.81. The highest BCUT2D eigenvalue weighted by Gasteiger charge is 2.43. The van der Waals surface area contributed by atoms with Crippen LogP contribution in [0.25, 0.3) is 5.57 Å². The lowest BCUT2D eigenvalue weighted by atomic mass is 9.90. The third kappa shape index (κ3) is 3.60. The van der Waals surface area contributed by atoms with Gasteiger partial charge in [-0.05, 0) is 84.8 Å². The monoisotopic (exact) mass is 412 g/mol. The van der Waals surface area contributed by atoms with Crippen molar-refractivity contribution in [2.24, 2.45) is 29.6 Å². The molecule has 6 unspecified atom stereocenters. The Morgan fingerprint density at radius 2 is 1.81 bits per heavy atom. The van der Waals surface area contributed by atoms with Crippen LogP contribution < -0.4 is 4.74 Å². The number of fused-ring (bicyclic) bond motifs is 4. The molecule has 2 saturated carbocycles. The second-order valence-corrected chi connectivity index (χ2v) is 9.65. The molecule has 0 spiro atoms. The van der Waals surface area contributed by atoms with Crippen molar-refractivity contribution < 1.29 is 14.3 Å². The van der Waals surface area contributed by atoms with Gasteiger partial charge in [-0.25, -0.2) is 4.79 Å². The molecule has 4 aliphatic carbocycles. The first-order valence-electron chi connectivity index (χ1n) is 11.6. The standard InChI is InChI=1S/C28H28O3/c29-28(20-5-2-1-3-6-20)31-27-15-19-13-25(26(27)14-19)22-7-4-8-24(16-22)30-17-23-12-18-9-10-21(23)11-18/h1-10,13,16,18-19,21,23,26-27H,11-12,14-15,17H2. The van der Waals surface area contributed by atoms with Crippen molar-refractivity contribution in [1.82, 2.24) is 0 Å². The van der Waals surface area contributed by atoms with Gasteiger partial charge in [-0.2, -0.15) is 0 Å². The molecule has 0 N–H and O–H groups in total. The van der Waals surface area contributed by atoms with Crippen molar-refractivity contribution in [3.8, 4) is 5.75 Å². The summed E-state index contributed by atoms with van der Waals surface area (Å²) in [6, 6.07) is 17.8. The molecule has 3 nitrogen and oxygen atoms in total. The summed E-state index contributed by atoms with van der Waals surface area (Å²) >= 11 is 0. The van der Waals surface area contributed by atoms with Crippen molar-refractivity contribution in [1.29, 1.82) is 0 Å². The molecule has 6 rings (SSSR count). The minimum Gasteiger partial charge on any atom is -0.493 e. The molecule has 0 saturated heterocycles. The summed E-state index contributed by atoms with van der Waals surface area (Å²) in [7, 11) is 0. The van der Waals surface area contributed by atoms with Gasteiger partial charge in [0.15, 0.2) is 0 Å². The molecule has 4 bridgehead atoms. The SMILES string of the molecule is O=C(OC1CC2C=C(c3cccc(OCC4CC5C=CC4C5)c3)C1C2)c1ccccc1. The quantitative estimate of drug-likeness (QED) is 0.436. The number of carbonyl (C=O) groups excluding carboxylic acids is 1. The summed E-state index contributed by atoms with van der Waals surface area (Å²) in [6.45, 7) is 0.803. The van der Waals surface area contributed by atoms with E-state index in [-0.39, 0.29) is 18.0 Å². The Kier molecular flexibility index (Phi) is 4.70. The average Bonchev–Trinajstić information content (AvgIpc) is 3.60. The number of hydrogen-bond acceptors (Lipinski definition) is 3. The highest BCUT2D eigenvalue weighted by atomic mass is 16.5. The summed E-state index contributed by atoms with van der Waals surface area (Å²) in [4.78, 5) is 12.6. The molecule has 0 radical (unpaired) electrons. The molecule has 2 aromatic carbocycles. The van der Waals surface area contributed by atoms with Gasteiger partial charge in [-0.3, -0.25) is 0 Å². The summed E-state index contributed by atoms with van der Waals surface area (Å²) in [5.41, 5.74) is 3.15. The molecule has 3 heteroatoms.